The number of hydrogen-bond donors (Lipinski definition) is 4. The van der Waals surface area contributed by atoms with E-state index in [9.17, 15) is 15.3 Å². The van der Waals surface area contributed by atoms with Gasteiger partial charge < -0.3 is 30.3 Å². The molecule has 23 heavy (non-hydrogen) atoms. The first-order valence-corrected chi connectivity index (χ1v) is 7.85. The minimum atomic E-state index is -1.27. The Balaban J connectivity index is 2.28. The zero-order valence-electron chi connectivity index (χ0n) is 13.4. The number of ether oxygens (including phenoxy) is 1. The van der Waals surface area contributed by atoms with Crippen LogP contribution in [0.25, 0.3) is 0 Å². The molecule has 1 aromatic rings. The van der Waals surface area contributed by atoms with Gasteiger partial charge in [0.05, 0.1) is 33.0 Å². The standard InChI is InChI=1S/C14H25N5O4/c1-2-3-11-15-12(18-14(8-20,9-21)10-22)17-13(16-11)19-4-6-23-7-5-19/h20-22H,2-10H2,1H3,(H,15,16,17,18). The van der Waals surface area contributed by atoms with Crippen LogP contribution in [0.1, 0.15) is 19.2 Å². The topological polar surface area (TPSA) is 124 Å². The summed E-state index contributed by atoms with van der Waals surface area (Å²) in [5.74, 6) is 1.41. The number of aromatic nitrogens is 3. The predicted octanol–water partition coefficient (Wildman–Crippen LogP) is -1.21. The van der Waals surface area contributed by atoms with Gasteiger partial charge in [-0.2, -0.15) is 15.0 Å². The first kappa shape index (κ1) is 17.8. The Hall–Kier alpha value is -1.55. The first-order valence-electron chi connectivity index (χ1n) is 7.85. The van der Waals surface area contributed by atoms with Crippen molar-refractivity contribution in [3.8, 4) is 0 Å². The van der Waals surface area contributed by atoms with Crippen LogP contribution in [0.15, 0.2) is 0 Å². The minimum absolute atomic E-state index is 0.238. The van der Waals surface area contributed by atoms with Crippen LogP contribution in [0.2, 0.25) is 0 Å². The van der Waals surface area contributed by atoms with Crippen LogP contribution < -0.4 is 10.2 Å². The second-order valence-corrected chi connectivity index (χ2v) is 5.60. The van der Waals surface area contributed by atoms with E-state index in [1.54, 1.807) is 0 Å². The molecule has 1 aliphatic heterocycles. The Morgan fingerprint density at radius 1 is 1.09 bits per heavy atom. The Kier molecular flexibility index (Phi) is 6.46. The molecule has 4 N–H and O–H groups in total. The van der Waals surface area contributed by atoms with Gasteiger partial charge in [0.25, 0.3) is 0 Å². The fourth-order valence-corrected chi connectivity index (χ4v) is 2.21. The van der Waals surface area contributed by atoms with E-state index in [4.69, 9.17) is 4.74 Å². The molecule has 0 bridgehead atoms. The number of aryl methyl sites for hydroxylation is 1. The van der Waals surface area contributed by atoms with Crippen molar-refractivity contribution in [3.05, 3.63) is 5.82 Å². The third-order valence-corrected chi connectivity index (χ3v) is 3.72. The number of morpholine rings is 1. The van der Waals surface area contributed by atoms with E-state index in [-0.39, 0.29) is 5.95 Å². The number of rotatable bonds is 8. The zero-order valence-corrected chi connectivity index (χ0v) is 13.4. The van der Waals surface area contributed by atoms with E-state index >= 15 is 0 Å². The van der Waals surface area contributed by atoms with E-state index in [0.29, 0.717) is 44.5 Å². The zero-order chi connectivity index (χ0) is 16.7. The van der Waals surface area contributed by atoms with Gasteiger partial charge in [0, 0.05) is 19.5 Å². The molecule has 2 rings (SSSR count). The van der Waals surface area contributed by atoms with Gasteiger partial charge in [0.1, 0.15) is 11.4 Å². The summed E-state index contributed by atoms with van der Waals surface area (Å²) in [6.45, 7) is 3.33. The fraction of sp³-hybridized carbons (Fsp3) is 0.786. The summed E-state index contributed by atoms with van der Waals surface area (Å²) in [7, 11) is 0. The van der Waals surface area contributed by atoms with E-state index in [1.807, 2.05) is 11.8 Å². The average molecular weight is 327 g/mol. The summed E-state index contributed by atoms with van der Waals surface area (Å²) in [6.07, 6.45) is 1.58. The molecule has 0 atom stereocenters. The molecule has 0 aromatic carbocycles. The lowest BCUT2D eigenvalue weighted by atomic mass is 10.0. The lowest BCUT2D eigenvalue weighted by Crippen LogP contribution is -2.50. The predicted molar refractivity (Wildman–Crippen MR) is 84.5 cm³/mol. The van der Waals surface area contributed by atoms with Crippen molar-refractivity contribution < 1.29 is 20.1 Å². The molecule has 0 radical (unpaired) electrons. The summed E-state index contributed by atoms with van der Waals surface area (Å²) < 4.78 is 5.33. The van der Waals surface area contributed by atoms with E-state index in [2.05, 4.69) is 20.3 Å². The molecule has 0 aliphatic carbocycles. The summed E-state index contributed by atoms with van der Waals surface area (Å²) in [5.41, 5.74) is -1.27. The Morgan fingerprint density at radius 3 is 2.30 bits per heavy atom. The highest BCUT2D eigenvalue weighted by molar-refractivity contribution is 5.39. The van der Waals surface area contributed by atoms with Gasteiger partial charge in [-0.05, 0) is 6.42 Å². The number of nitrogens with one attached hydrogen (secondary N) is 1. The van der Waals surface area contributed by atoms with Gasteiger partial charge >= 0.3 is 0 Å². The maximum absolute atomic E-state index is 9.45. The molecule has 1 aliphatic rings. The number of aliphatic hydroxyl groups is 3. The van der Waals surface area contributed by atoms with Crippen LogP contribution in [0.3, 0.4) is 0 Å². The highest BCUT2D eigenvalue weighted by Gasteiger charge is 2.29. The molecule has 0 spiro atoms. The number of anilines is 2. The van der Waals surface area contributed by atoms with Crippen LogP contribution in [-0.4, -0.2) is 81.9 Å². The van der Waals surface area contributed by atoms with Crippen LogP contribution in [-0.2, 0) is 11.2 Å². The number of hydrogen-bond acceptors (Lipinski definition) is 9. The normalized spacial score (nSPS) is 15.7. The molecule has 9 nitrogen and oxygen atoms in total. The molecule has 130 valence electrons. The summed E-state index contributed by atoms with van der Waals surface area (Å²) in [5, 5.41) is 31.2. The van der Waals surface area contributed by atoms with Crippen molar-refractivity contribution in [2.75, 3.05) is 56.3 Å². The molecule has 1 aromatic heterocycles. The Labute approximate surface area is 135 Å². The largest absolute Gasteiger partial charge is 0.394 e. The molecule has 2 heterocycles. The lowest BCUT2D eigenvalue weighted by Gasteiger charge is -2.30. The van der Waals surface area contributed by atoms with Gasteiger partial charge in [-0.15, -0.1) is 0 Å². The van der Waals surface area contributed by atoms with Crippen LogP contribution >= 0.6 is 0 Å². The van der Waals surface area contributed by atoms with Gasteiger partial charge in [-0.25, -0.2) is 0 Å². The SMILES string of the molecule is CCCc1nc(NC(CO)(CO)CO)nc(N2CCOCC2)n1. The van der Waals surface area contributed by atoms with Crippen molar-refractivity contribution in [1.82, 2.24) is 15.0 Å². The summed E-state index contributed by atoms with van der Waals surface area (Å²) in [6, 6.07) is 0. The van der Waals surface area contributed by atoms with Gasteiger partial charge in [0.2, 0.25) is 11.9 Å². The second-order valence-electron chi connectivity index (χ2n) is 5.60. The Bertz CT molecular complexity index is 484. The number of aliphatic hydroxyl groups excluding tert-OH is 3. The highest BCUT2D eigenvalue weighted by Crippen LogP contribution is 2.17. The molecule has 1 saturated heterocycles. The number of nitrogens with zero attached hydrogens (tertiary/aromatic N) is 4. The smallest absolute Gasteiger partial charge is 0.230 e. The maximum atomic E-state index is 9.45. The van der Waals surface area contributed by atoms with Crippen molar-refractivity contribution in [2.45, 2.75) is 25.3 Å². The lowest BCUT2D eigenvalue weighted by molar-refractivity contribution is 0.0827. The fourth-order valence-electron chi connectivity index (χ4n) is 2.21. The third kappa shape index (κ3) is 4.47. The highest BCUT2D eigenvalue weighted by atomic mass is 16.5. The average Bonchev–Trinajstić information content (AvgIpc) is 2.61. The molecule has 9 heteroatoms. The van der Waals surface area contributed by atoms with E-state index < -0.39 is 25.4 Å². The van der Waals surface area contributed by atoms with Gasteiger partial charge in [-0.3, -0.25) is 0 Å². The monoisotopic (exact) mass is 327 g/mol. The van der Waals surface area contributed by atoms with Crippen molar-refractivity contribution >= 4 is 11.9 Å². The van der Waals surface area contributed by atoms with E-state index in [0.717, 1.165) is 6.42 Å². The minimum Gasteiger partial charge on any atom is -0.394 e. The van der Waals surface area contributed by atoms with Crippen molar-refractivity contribution in [3.63, 3.8) is 0 Å². The van der Waals surface area contributed by atoms with Crippen LogP contribution in [0, 0.1) is 0 Å². The van der Waals surface area contributed by atoms with Crippen LogP contribution in [0.5, 0.6) is 0 Å². The molecular weight excluding hydrogens is 302 g/mol. The molecule has 0 amide bonds. The van der Waals surface area contributed by atoms with Crippen molar-refractivity contribution in [2.24, 2.45) is 0 Å². The molecule has 1 fully saturated rings. The summed E-state index contributed by atoms with van der Waals surface area (Å²) in [4.78, 5) is 15.2. The maximum Gasteiger partial charge on any atom is 0.230 e. The van der Waals surface area contributed by atoms with Crippen LogP contribution in [0.4, 0.5) is 11.9 Å². The Morgan fingerprint density at radius 2 is 1.74 bits per heavy atom. The second kappa shape index (κ2) is 8.34. The third-order valence-electron chi connectivity index (χ3n) is 3.72. The van der Waals surface area contributed by atoms with Gasteiger partial charge in [-0.1, -0.05) is 6.92 Å². The van der Waals surface area contributed by atoms with Gasteiger partial charge in [0.15, 0.2) is 0 Å². The quantitative estimate of drug-likeness (QED) is 0.465. The first-order chi connectivity index (χ1) is 11.2. The molecular formula is C14H25N5O4. The van der Waals surface area contributed by atoms with Crippen molar-refractivity contribution in [1.29, 1.82) is 0 Å². The molecule has 0 unspecified atom stereocenters. The molecule has 0 saturated carbocycles. The summed E-state index contributed by atoms with van der Waals surface area (Å²) >= 11 is 0. The van der Waals surface area contributed by atoms with E-state index in [1.165, 1.54) is 0 Å².